The highest BCUT2D eigenvalue weighted by Crippen LogP contribution is 2.21. The highest BCUT2D eigenvalue weighted by Gasteiger charge is 2.26. The standard InChI is InChI=1S/C15H16FN5O/c1-10-7-13(19-15(17)18-10)20-5-6-21(14(22)9-20)12-4-2-3-11(16)8-12/h2-4,7-8H,5-6,9H2,1H3,(H2,17,18,19). The van der Waals surface area contributed by atoms with Gasteiger partial charge in [-0.1, -0.05) is 6.07 Å². The summed E-state index contributed by atoms with van der Waals surface area (Å²) < 4.78 is 13.3. The van der Waals surface area contributed by atoms with Crippen molar-refractivity contribution < 1.29 is 9.18 Å². The Bertz CT molecular complexity index is 701. The normalized spacial score (nSPS) is 15.3. The van der Waals surface area contributed by atoms with E-state index in [9.17, 15) is 9.18 Å². The first-order chi connectivity index (χ1) is 10.5. The number of aromatic nitrogens is 2. The molecule has 1 aliphatic rings. The molecule has 0 unspecified atom stereocenters. The molecule has 1 aliphatic heterocycles. The number of nitrogens with two attached hydrogens (primary N) is 1. The van der Waals surface area contributed by atoms with E-state index in [0.29, 0.717) is 24.6 Å². The SMILES string of the molecule is Cc1cc(N2CCN(c3cccc(F)c3)C(=O)C2)nc(N)n1. The number of anilines is 3. The van der Waals surface area contributed by atoms with Crippen molar-refractivity contribution in [3.05, 3.63) is 41.8 Å². The van der Waals surface area contributed by atoms with Crippen LogP contribution in [0.1, 0.15) is 5.69 Å². The summed E-state index contributed by atoms with van der Waals surface area (Å²) >= 11 is 0. The Morgan fingerprint density at radius 1 is 1.23 bits per heavy atom. The molecule has 0 spiro atoms. The van der Waals surface area contributed by atoms with E-state index >= 15 is 0 Å². The van der Waals surface area contributed by atoms with Gasteiger partial charge in [0.2, 0.25) is 11.9 Å². The Morgan fingerprint density at radius 3 is 2.73 bits per heavy atom. The van der Waals surface area contributed by atoms with E-state index in [-0.39, 0.29) is 24.2 Å². The average molecular weight is 301 g/mol. The molecule has 6 nitrogen and oxygen atoms in total. The summed E-state index contributed by atoms with van der Waals surface area (Å²) in [5, 5.41) is 0. The lowest BCUT2D eigenvalue weighted by Crippen LogP contribution is -2.51. The third kappa shape index (κ3) is 2.83. The molecule has 114 valence electrons. The van der Waals surface area contributed by atoms with E-state index in [1.165, 1.54) is 12.1 Å². The maximum absolute atomic E-state index is 13.3. The number of carbonyl (C=O) groups is 1. The highest BCUT2D eigenvalue weighted by atomic mass is 19.1. The van der Waals surface area contributed by atoms with E-state index in [4.69, 9.17) is 5.73 Å². The van der Waals surface area contributed by atoms with Gasteiger partial charge in [0.25, 0.3) is 0 Å². The Hall–Kier alpha value is -2.70. The largest absolute Gasteiger partial charge is 0.368 e. The van der Waals surface area contributed by atoms with Gasteiger partial charge in [0, 0.05) is 30.5 Å². The lowest BCUT2D eigenvalue weighted by molar-refractivity contribution is -0.117. The van der Waals surface area contributed by atoms with Crippen LogP contribution in [-0.2, 0) is 4.79 Å². The second-order valence-corrected chi connectivity index (χ2v) is 5.17. The summed E-state index contributed by atoms with van der Waals surface area (Å²) in [5.74, 6) is 0.367. The number of amides is 1. The van der Waals surface area contributed by atoms with Crippen LogP contribution in [0.3, 0.4) is 0 Å². The zero-order valence-electron chi connectivity index (χ0n) is 12.2. The van der Waals surface area contributed by atoms with Crippen LogP contribution in [0.2, 0.25) is 0 Å². The van der Waals surface area contributed by atoms with Crippen molar-refractivity contribution in [2.45, 2.75) is 6.92 Å². The van der Waals surface area contributed by atoms with Crippen molar-refractivity contribution >= 4 is 23.4 Å². The second kappa shape index (κ2) is 5.59. The topological polar surface area (TPSA) is 75.3 Å². The molecule has 1 amide bonds. The maximum atomic E-state index is 13.3. The number of nitrogens with zero attached hydrogens (tertiary/aromatic N) is 4. The third-order valence-corrected chi connectivity index (χ3v) is 3.52. The molecule has 0 atom stereocenters. The van der Waals surface area contributed by atoms with Crippen molar-refractivity contribution in [1.82, 2.24) is 9.97 Å². The van der Waals surface area contributed by atoms with Gasteiger partial charge in [0.05, 0.1) is 6.54 Å². The lowest BCUT2D eigenvalue weighted by Gasteiger charge is -2.35. The maximum Gasteiger partial charge on any atom is 0.246 e. The van der Waals surface area contributed by atoms with Gasteiger partial charge in [0.15, 0.2) is 0 Å². The Morgan fingerprint density at radius 2 is 2.05 bits per heavy atom. The number of hydrogen-bond acceptors (Lipinski definition) is 5. The molecule has 22 heavy (non-hydrogen) atoms. The number of hydrogen-bond donors (Lipinski definition) is 1. The first-order valence-corrected chi connectivity index (χ1v) is 6.95. The lowest BCUT2D eigenvalue weighted by atomic mass is 10.2. The van der Waals surface area contributed by atoms with Crippen LogP contribution in [-0.4, -0.2) is 35.5 Å². The Balaban J connectivity index is 1.79. The molecule has 0 aliphatic carbocycles. The van der Waals surface area contributed by atoms with Gasteiger partial charge in [-0.15, -0.1) is 0 Å². The van der Waals surface area contributed by atoms with Crippen molar-refractivity contribution in [3.8, 4) is 0 Å². The molecule has 1 saturated heterocycles. The molecular formula is C15H16FN5O. The summed E-state index contributed by atoms with van der Waals surface area (Å²) in [6, 6.07) is 7.83. The van der Waals surface area contributed by atoms with Crippen LogP contribution in [0, 0.1) is 12.7 Å². The van der Waals surface area contributed by atoms with Gasteiger partial charge in [-0.25, -0.2) is 9.37 Å². The van der Waals surface area contributed by atoms with Crippen LogP contribution in [0.25, 0.3) is 0 Å². The summed E-state index contributed by atoms with van der Waals surface area (Å²) in [7, 11) is 0. The molecule has 1 fully saturated rings. The zero-order chi connectivity index (χ0) is 15.7. The van der Waals surface area contributed by atoms with Gasteiger partial charge >= 0.3 is 0 Å². The molecule has 2 N–H and O–H groups in total. The van der Waals surface area contributed by atoms with Gasteiger partial charge in [0.1, 0.15) is 11.6 Å². The van der Waals surface area contributed by atoms with Crippen LogP contribution < -0.4 is 15.5 Å². The minimum atomic E-state index is -0.355. The van der Waals surface area contributed by atoms with Crippen molar-refractivity contribution in [2.75, 3.05) is 35.2 Å². The fourth-order valence-corrected chi connectivity index (χ4v) is 2.52. The summed E-state index contributed by atoms with van der Waals surface area (Å²) in [6.07, 6.45) is 0. The molecule has 2 heterocycles. The summed E-state index contributed by atoms with van der Waals surface area (Å²) in [5.41, 5.74) is 6.97. The van der Waals surface area contributed by atoms with Crippen LogP contribution in [0.5, 0.6) is 0 Å². The minimum absolute atomic E-state index is 0.105. The number of nitrogen functional groups attached to an aromatic ring is 1. The second-order valence-electron chi connectivity index (χ2n) is 5.17. The zero-order valence-corrected chi connectivity index (χ0v) is 12.2. The third-order valence-electron chi connectivity index (χ3n) is 3.52. The van der Waals surface area contributed by atoms with E-state index in [1.807, 2.05) is 11.8 Å². The van der Waals surface area contributed by atoms with E-state index < -0.39 is 0 Å². The average Bonchev–Trinajstić information content (AvgIpc) is 2.46. The van der Waals surface area contributed by atoms with Crippen LogP contribution in [0.4, 0.5) is 21.8 Å². The summed E-state index contributed by atoms with van der Waals surface area (Å²) in [6.45, 7) is 3.06. The number of carbonyl (C=O) groups excluding carboxylic acids is 1. The molecule has 0 bridgehead atoms. The molecule has 1 aromatic carbocycles. The molecule has 0 radical (unpaired) electrons. The van der Waals surface area contributed by atoms with E-state index in [0.717, 1.165) is 5.69 Å². The van der Waals surface area contributed by atoms with E-state index in [2.05, 4.69) is 9.97 Å². The molecule has 0 saturated carbocycles. The summed E-state index contributed by atoms with van der Waals surface area (Å²) in [4.78, 5) is 24.0. The van der Waals surface area contributed by atoms with Gasteiger partial charge in [-0.05, 0) is 25.1 Å². The van der Waals surface area contributed by atoms with E-state index in [1.54, 1.807) is 23.1 Å². The molecule has 7 heteroatoms. The molecule has 1 aromatic heterocycles. The first kappa shape index (κ1) is 14.2. The van der Waals surface area contributed by atoms with Crippen LogP contribution >= 0.6 is 0 Å². The van der Waals surface area contributed by atoms with Gasteiger partial charge in [-0.2, -0.15) is 4.98 Å². The predicted molar refractivity (Wildman–Crippen MR) is 82.1 cm³/mol. The molecule has 2 aromatic rings. The number of piperazine rings is 1. The van der Waals surface area contributed by atoms with Gasteiger partial charge in [-0.3, -0.25) is 4.79 Å². The van der Waals surface area contributed by atoms with Crippen molar-refractivity contribution in [2.24, 2.45) is 0 Å². The number of halogens is 1. The number of benzene rings is 1. The quantitative estimate of drug-likeness (QED) is 0.906. The monoisotopic (exact) mass is 301 g/mol. The predicted octanol–water partition coefficient (Wildman–Crippen LogP) is 1.36. The smallest absolute Gasteiger partial charge is 0.246 e. The Labute approximate surface area is 127 Å². The Kier molecular flexibility index (Phi) is 3.62. The van der Waals surface area contributed by atoms with Crippen molar-refractivity contribution in [1.29, 1.82) is 0 Å². The first-order valence-electron chi connectivity index (χ1n) is 6.95. The number of rotatable bonds is 2. The highest BCUT2D eigenvalue weighted by molar-refractivity contribution is 5.97. The number of aryl methyl sites for hydroxylation is 1. The molecular weight excluding hydrogens is 285 g/mol. The fraction of sp³-hybridized carbons (Fsp3) is 0.267. The molecule has 3 rings (SSSR count). The fourth-order valence-electron chi connectivity index (χ4n) is 2.52. The van der Waals surface area contributed by atoms with Gasteiger partial charge < -0.3 is 15.5 Å². The van der Waals surface area contributed by atoms with Crippen molar-refractivity contribution in [3.63, 3.8) is 0 Å². The van der Waals surface area contributed by atoms with Crippen LogP contribution in [0.15, 0.2) is 30.3 Å². The minimum Gasteiger partial charge on any atom is -0.368 e.